The molecule has 1 aromatic rings. The summed E-state index contributed by atoms with van der Waals surface area (Å²) in [5.41, 5.74) is 4.75. The first-order valence-electron chi connectivity index (χ1n) is 4.56. The van der Waals surface area contributed by atoms with Crippen LogP contribution in [0.5, 0.6) is 0 Å². The number of hydrogen-bond donors (Lipinski definition) is 1. The van der Waals surface area contributed by atoms with Crippen molar-refractivity contribution < 1.29 is 0 Å². The van der Waals surface area contributed by atoms with Crippen molar-refractivity contribution in [1.29, 1.82) is 0 Å². The highest BCUT2D eigenvalue weighted by molar-refractivity contribution is 5.55. The molecule has 1 heterocycles. The number of nitrogens with one attached hydrogen (secondary N) is 1. The van der Waals surface area contributed by atoms with Crippen molar-refractivity contribution in [1.82, 2.24) is 4.98 Å². The quantitative estimate of drug-likeness (QED) is 0.689. The molecule has 0 amide bonds. The molecule has 0 aliphatic carbocycles. The molecule has 76 valence electrons. The lowest BCUT2D eigenvalue weighted by molar-refractivity contribution is 1.13. The van der Waals surface area contributed by atoms with Gasteiger partial charge >= 0.3 is 0 Å². The summed E-state index contributed by atoms with van der Waals surface area (Å²) in [5.74, 6) is 2.25. The Bertz CT molecular complexity index is 335. The van der Waals surface area contributed by atoms with Gasteiger partial charge in [-0.05, 0) is 38.8 Å². The summed E-state index contributed by atoms with van der Waals surface area (Å²) >= 11 is 0. The van der Waals surface area contributed by atoms with Gasteiger partial charge in [-0.3, -0.25) is 4.98 Å². The fraction of sp³-hybridized carbons (Fsp3) is 0.417. The van der Waals surface area contributed by atoms with Gasteiger partial charge in [-0.15, -0.1) is 12.3 Å². The van der Waals surface area contributed by atoms with Gasteiger partial charge in [0.2, 0.25) is 0 Å². The number of aryl methyl sites for hydroxylation is 2. The van der Waals surface area contributed by atoms with Crippen molar-refractivity contribution in [3.63, 3.8) is 0 Å². The van der Waals surface area contributed by atoms with Gasteiger partial charge in [0.15, 0.2) is 0 Å². The van der Waals surface area contributed by atoms with Crippen LogP contribution in [0, 0.1) is 33.1 Å². The Kier molecular flexibility index (Phi) is 5.40. The fourth-order valence-corrected chi connectivity index (χ4v) is 1.19. The molecule has 0 radical (unpaired) electrons. The number of pyridine rings is 1. The zero-order valence-electron chi connectivity index (χ0n) is 9.60. The maximum Gasteiger partial charge on any atom is 0.0606 e. The molecule has 0 bridgehead atoms. The van der Waals surface area contributed by atoms with E-state index in [0.717, 1.165) is 11.4 Å². The molecular formula is C12H18N2. The molecule has 0 aromatic carbocycles. The molecule has 0 saturated carbocycles. The summed E-state index contributed by atoms with van der Waals surface area (Å²) in [6, 6.07) is 0. The first kappa shape index (κ1) is 12.5. The second-order valence-corrected chi connectivity index (χ2v) is 3.07. The van der Waals surface area contributed by atoms with E-state index in [9.17, 15) is 0 Å². The van der Waals surface area contributed by atoms with Crippen molar-refractivity contribution in [2.24, 2.45) is 0 Å². The van der Waals surface area contributed by atoms with E-state index in [1.165, 1.54) is 11.1 Å². The van der Waals surface area contributed by atoms with Crippen molar-refractivity contribution in [2.45, 2.75) is 27.7 Å². The van der Waals surface area contributed by atoms with Crippen LogP contribution in [0.15, 0.2) is 6.20 Å². The Morgan fingerprint density at radius 1 is 1.36 bits per heavy atom. The number of terminal acetylenes is 1. The Morgan fingerprint density at radius 2 is 1.86 bits per heavy atom. The maximum atomic E-state index is 4.60. The molecule has 1 N–H and O–H groups in total. The van der Waals surface area contributed by atoms with Crippen LogP contribution in [0.25, 0.3) is 0 Å². The second kappa shape index (κ2) is 6.04. The lowest BCUT2D eigenvalue weighted by Gasteiger charge is -2.09. The van der Waals surface area contributed by atoms with Gasteiger partial charge in [-0.1, -0.05) is 0 Å². The minimum atomic E-state index is 1.07. The number of rotatable bonds is 1. The summed E-state index contributed by atoms with van der Waals surface area (Å²) in [4.78, 5) is 4.25. The zero-order chi connectivity index (χ0) is 11.1. The Balaban J connectivity index is 0.000000500. The Hall–Kier alpha value is -1.49. The van der Waals surface area contributed by atoms with Crippen molar-refractivity contribution in [2.75, 3.05) is 12.4 Å². The molecule has 2 heteroatoms. The van der Waals surface area contributed by atoms with E-state index in [-0.39, 0.29) is 0 Å². The van der Waals surface area contributed by atoms with Crippen LogP contribution in [0.1, 0.15) is 23.7 Å². The summed E-state index contributed by atoms with van der Waals surface area (Å²) in [6.07, 6.45) is 6.51. The summed E-state index contributed by atoms with van der Waals surface area (Å²) in [7, 11) is 1.93. The molecule has 0 atom stereocenters. The number of nitrogens with zero attached hydrogens (tertiary/aromatic N) is 1. The van der Waals surface area contributed by atoms with Crippen molar-refractivity contribution in [3.05, 3.63) is 23.0 Å². The number of anilines is 1. The molecule has 1 rings (SSSR count). The monoisotopic (exact) mass is 190 g/mol. The van der Waals surface area contributed by atoms with Gasteiger partial charge in [-0.25, -0.2) is 0 Å². The first-order chi connectivity index (χ1) is 6.58. The van der Waals surface area contributed by atoms with Crippen LogP contribution in [-0.4, -0.2) is 12.0 Å². The van der Waals surface area contributed by atoms with Crippen LogP contribution >= 0.6 is 0 Å². The predicted molar refractivity (Wildman–Crippen MR) is 62.5 cm³/mol. The topological polar surface area (TPSA) is 24.9 Å². The Morgan fingerprint density at radius 3 is 2.21 bits per heavy atom. The number of hydrogen-bond acceptors (Lipinski definition) is 2. The molecule has 14 heavy (non-hydrogen) atoms. The molecular weight excluding hydrogens is 172 g/mol. The molecule has 0 fully saturated rings. The van der Waals surface area contributed by atoms with Gasteiger partial charge in [-0.2, -0.15) is 0 Å². The molecule has 0 aliphatic rings. The van der Waals surface area contributed by atoms with Gasteiger partial charge in [0.1, 0.15) is 0 Å². The average Bonchev–Trinajstić information content (AvgIpc) is 2.14. The third-order valence-corrected chi connectivity index (χ3v) is 2.03. The first-order valence-corrected chi connectivity index (χ1v) is 4.56. The molecule has 0 aliphatic heterocycles. The fourth-order valence-electron chi connectivity index (χ4n) is 1.19. The molecule has 1 aromatic heterocycles. The molecule has 2 nitrogen and oxygen atoms in total. The van der Waals surface area contributed by atoms with E-state index in [1.807, 2.05) is 20.2 Å². The highest BCUT2D eigenvalue weighted by Crippen LogP contribution is 2.19. The van der Waals surface area contributed by atoms with Crippen molar-refractivity contribution in [3.8, 4) is 12.3 Å². The van der Waals surface area contributed by atoms with Gasteiger partial charge < -0.3 is 5.32 Å². The zero-order valence-corrected chi connectivity index (χ0v) is 9.60. The van der Waals surface area contributed by atoms with E-state index in [4.69, 9.17) is 0 Å². The lowest BCUT2D eigenvalue weighted by atomic mass is 10.1. The largest absolute Gasteiger partial charge is 0.386 e. The van der Waals surface area contributed by atoms with Crippen molar-refractivity contribution >= 4 is 5.69 Å². The highest BCUT2D eigenvalue weighted by atomic mass is 14.9. The van der Waals surface area contributed by atoms with E-state index < -0.39 is 0 Å². The third kappa shape index (κ3) is 3.10. The van der Waals surface area contributed by atoms with Crippen LogP contribution < -0.4 is 5.32 Å². The van der Waals surface area contributed by atoms with E-state index in [1.54, 1.807) is 6.92 Å². The second-order valence-electron chi connectivity index (χ2n) is 3.07. The summed E-state index contributed by atoms with van der Waals surface area (Å²) in [5, 5.41) is 3.14. The molecule has 0 spiro atoms. The predicted octanol–water partition coefficient (Wildman–Crippen LogP) is 2.69. The SMILES string of the molecule is C#CC.CNc1c(C)ncc(C)c1C. The van der Waals surface area contributed by atoms with E-state index in [2.05, 4.69) is 36.5 Å². The van der Waals surface area contributed by atoms with Gasteiger partial charge in [0, 0.05) is 13.2 Å². The summed E-state index contributed by atoms with van der Waals surface area (Å²) < 4.78 is 0. The normalized spacial score (nSPS) is 8.29. The summed E-state index contributed by atoms with van der Waals surface area (Å²) in [6.45, 7) is 7.84. The maximum absolute atomic E-state index is 4.60. The highest BCUT2D eigenvalue weighted by Gasteiger charge is 2.02. The average molecular weight is 190 g/mol. The minimum absolute atomic E-state index is 1.07. The van der Waals surface area contributed by atoms with Gasteiger partial charge in [0.25, 0.3) is 0 Å². The van der Waals surface area contributed by atoms with Crippen LogP contribution in [0.4, 0.5) is 5.69 Å². The molecule has 0 saturated heterocycles. The lowest BCUT2D eigenvalue weighted by Crippen LogP contribution is -1.99. The Labute approximate surface area is 86.8 Å². The third-order valence-electron chi connectivity index (χ3n) is 2.03. The smallest absolute Gasteiger partial charge is 0.0606 e. The standard InChI is InChI=1S/C9H14N2.C3H4/c1-6-5-11-8(3)9(10-4)7(6)2;1-3-2/h5,10H,1-4H3;1H,2H3. The number of aromatic nitrogens is 1. The minimum Gasteiger partial charge on any atom is -0.386 e. The van der Waals surface area contributed by atoms with Crippen LogP contribution in [0.2, 0.25) is 0 Å². The van der Waals surface area contributed by atoms with E-state index in [0.29, 0.717) is 0 Å². The van der Waals surface area contributed by atoms with Crippen LogP contribution in [-0.2, 0) is 0 Å². The van der Waals surface area contributed by atoms with Gasteiger partial charge in [0.05, 0.1) is 11.4 Å². The molecule has 0 unspecified atom stereocenters. The van der Waals surface area contributed by atoms with Crippen LogP contribution in [0.3, 0.4) is 0 Å². The van der Waals surface area contributed by atoms with E-state index >= 15 is 0 Å².